The smallest absolute Gasteiger partial charge is 0.463 e. The molecule has 0 saturated carbocycles. The lowest BCUT2D eigenvalue weighted by molar-refractivity contribution is -0.147. The zero-order valence-electron chi connectivity index (χ0n) is 23.5. The minimum absolute atomic E-state index is 0.0746. The van der Waals surface area contributed by atoms with E-state index in [1.165, 1.54) is 48.5 Å². The molecule has 0 N–H and O–H groups in total. The predicted octanol–water partition coefficient (Wildman–Crippen LogP) is 3.35. The Hall–Kier alpha value is -5.01. The molecule has 4 rings (SSSR count). The maximum Gasteiger partial charge on any atom is 0.513 e. The average molecular weight is 611 g/mol. The Morgan fingerprint density at radius 2 is 1.16 bits per heavy atom. The van der Waals surface area contributed by atoms with Crippen molar-refractivity contribution in [2.24, 2.45) is 0 Å². The topological polar surface area (TPSA) is 159 Å². The Balaban J connectivity index is 1.19. The first-order valence-electron chi connectivity index (χ1n) is 13.6. The van der Waals surface area contributed by atoms with E-state index in [2.05, 4.69) is 13.2 Å². The lowest BCUT2D eigenvalue weighted by atomic mass is 10.1. The van der Waals surface area contributed by atoms with E-state index in [-0.39, 0.29) is 49.1 Å². The minimum atomic E-state index is -0.920. The Bertz CT molecular complexity index is 1370. The molecule has 2 aromatic carbocycles. The summed E-state index contributed by atoms with van der Waals surface area (Å²) in [5.74, 6) is -2.08. The Kier molecular flexibility index (Phi) is 11.2. The van der Waals surface area contributed by atoms with Crippen molar-refractivity contribution >= 4 is 30.0 Å². The van der Waals surface area contributed by atoms with Crippen molar-refractivity contribution in [3.05, 3.63) is 85.0 Å². The van der Waals surface area contributed by atoms with Gasteiger partial charge in [0.05, 0.1) is 37.6 Å². The molecular formula is C31H30O13. The van der Waals surface area contributed by atoms with E-state index >= 15 is 0 Å². The number of fused-ring (bicyclic) bond motifs is 1. The van der Waals surface area contributed by atoms with Gasteiger partial charge in [-0.1, -0.05) is 13.2 Å². The molecule has 2 aromatic rings. The van der Waals surface area contributed by atoms with E-state index in [4.69, 9.17) is 37.9 Å². The fourth-order valence-electron chi connectivity index (χ4n) is 4.24. The first-order chi connectivity index (χ1) is 21.3. The van der Waals surface area contributed by atoms with Crippen molar-refractivity contribution in [3.8, 4) is 11.5 Å². The number of rotatable bonds is 13. The van der Waals surface area contributed by atoms with Gasteiger partial charge < -0.3 is 37.9 Å². The zero-order chi connectivity index (χ0) is 31.5. The second kappa shape index (κ2) is 15.5. The van der Waals surface area contributed by atoms with Crippen LogP contribution in [0.25, 0.3) is 0 Å². The van der Waals surface area contributed by atoms with Crippen LogP contribution in [0, 0.1) is 0 Å². The van der Waals surface area contributed by atoms with E-state index in [0.717, 1.165) is 12.2 Å². The van der Waals surface area contributed by atoms with Gasteiger partial charge in [-0.3, -0.25) is 0 Å². The molecule has 232 valence electrons. The van der Waals surface area contributed by atoms with Crippen molar-refractivity contribution in [1.82, 2.24) is 0 Å². The highest BCUT2D eigenvalue weighted by Crippen LogP contribution is 2.31. The van der Waals surface area contributed by atoms with Gasteiger partial charge in [0.15, 0.2) is 12.2 Å². The average Bonchev–Trinajstić information content (AvgIpc) is 3.62. The Morgan fingerprint density at radius 1 is 0.659 bits per heavy atom. The number of ether oxygens (including phenoxy) is 8. The van der Waals surface area contributed by atoms with Crippen molar-refractivity contribution in [2.75, 3.05) is 26.4 Å². The van der Waals surface area contributed by atoms with Gasteiger partial charge in [-0.2, -0.15) is 0 Å². The van der Waals surface area contributed by atoms with E-state index < -0.39 is 54.4 Å². The molecule has 2 aliphatic rings. The molecule has 2 heterocycles. The zero-order valence-corrected chi connectivity index (χ0v) is 23.5. The van der Waals surface area contributed by atoms with Crippen LogP contribution in [0.4, 0.5) is 4.79 Å². The Morgan fingerprint density at radius 3 is 1.73 bits per heavy atom. The van der Waals surface area contributed by atoms with Crippen molar-refractivity contribution < 1.29 is 61.9 Å². The molecule has 0 amide bonds. The molecule has 0 spiro atoms. The second-order valence-electron chi connectivity index (χ2n) is 9.44. The number of carbonyl (C=O) groups excluding carboxylic acids is 5. The van der Waals surface area contributed by atoms with Crippen LogP contribution in [0.5, 0.6) is 11.5 Å². The number of hydrogen-bond donors (Lipinski definition) is 0. The summed E-state index contributed by atoms with van der Waals surface area (Å²) >= 11 is 0. The summed E-state index contributed by atoms with van der Waals surface area (Å²) in [5, 5.41) is 0. The molecule has 4 unspecified atom stereocenters. The monoisotopic (exact) mass is 610 g/mol. The van der Waals surface area contributed by atoms with Crippen LogP contribution in [0.2, 0.25) is 0 Å². The SMILES string of the molecule is C=CC(=O)OCCCCOC(=O)Oc1ccc(C(=O)Oc2ccc(C(=O)OC3COC4C(OC(=O)C=C)COC34)cc2)cc1. The summed E-state index contributed by atoms with van der Waals surface area (Å²) in [4.78, 5) is 59.5. The van der Waals surface area contributed by atoms with Crippen molar-refractivity contribution in [1.29, 1.82) is 0 Å². The fraction of sp³-hybridized carbons (Fsp3) is 0.323. The highest BCUT2D eigenvalue weighted by atomic mass is 16.7. The Labute approximate surface area is 252 Å². The first-order valence-corrected chi connectivity index (χ1v) is 13.6. The van der Waals surface area contributed by atoms with Gasteiger partial charge >= 0.3 is 30.0 Å². The van der Waals surface area contributed by atoms with Crippen LogP contribution in [-0.4, -0.2) is 80.9 Å². The third kappa shape index (κ3) is 8.75. The molecule has 13 heteroatoms. The predicted molar refractivity (Wildman–Crippen MR) is 149 cm³/mol. The second-order valence-corrected chi connectivity index (χ2v) is 9.44. The van der Waals surface area contributed by atoms with Gasteiger partial charge in [0.1, 0.15) is 23.7 Å². The molecule has 2 aliphatic heterocycles. The summed E-state index contributed by atoms with van der Waals surface area (Å²) in [6.07, 6.45) is -0.267. The molecule has 0 radical (unpaired) electrons. The third-order valence-electron chi connectivity index (χ3n) is 6.42. The van der Waals surface area contributed by atoms with Crippen LogP contribution in [0.15, 0.2) is 73.8 Å². The molecule has 0 aliphatic carbocycles. The van der Waals surface area contributed by atoms with Gasteiger partial charge in [-0.15, -0.1) is 0 Å². The number of unbranched alkanes of at least 4 members (excludes halogenated alkanes) is 1. The van der Waals surface area contributed by atoms with Gasteiger partial charge in [0, 0.05) is 12.2 Å². The third-order valence-corrected chi connectivity index (χ3v) is 6.42. The summed E-state index contributed by atoms with van der Waals surface area (Å²) in [7, 11) is 0. The van der Waals surface area contributed by atoms with Crippen LogP contribution >= 0.6 is 0 Å². The molecule has 4 atom stereocenters. The number of benzene rings is 2. The normalized spacial score (nSPS) is 20.0. The summed E-state index contributed by atoms with van der Waals surface area (Å²) < 4.78 is 42.2. The number of hydrogen-bond acceptors (Lipinski definition) is 13. The van der Waals surface area contributed by atoms with Crippen molar-refractivity contribution in [2.45, 2.75) is 37.3 Å². The van der Waals surface area contributed by atoms with Gasteiger partial charge in [-0.05, 0) is 61.4 Å². The van der Waals surface area contributed by atoms with Gasteiger partial charge in [-0.25, -0.2) is 24.0 Å². The van der Waals surface area contributed by atoms with E-state index in [0.29, 0.717) is 12.8 Å². The summed E-state index contributed by atoms with van der Waals surface area (Å²) in [6, 6.07) is 11.4. The largest absolute Gasteiger partial charge is 0.513 e. The van der Waals surface area contributed by atoms with Crippen LogP contribution in [-0.2, 0) is 38.0 Å². The quantitative estimate of drug-likeness (QED) is 0.0812. The van der Waals surface area contributed by atoms with Crippen LogP contribution < -0.4 is 9.47 Å². The number of carbonyl (C=O) groups is 5. The molecule has 2 fully saturated rings. The van der Waals surface area contributed by atoms with Gasteiger partial charge in [0.2, 0.25) is 0 Å². The molecule has 2 saturated heterocycles. The maximum absolute atomic E-state index is 12.7. The van der Waals surface area contributed by atoms with Crippen LogP contribution in [0.1, 0.15) is 33.6 Å². The first kappa shape index (κ1) is 31.9. The molecule has 13 nitrogen and oxygen atoms in total. The summed E-state index contributed by atoms with van der Waals surface area (Å²) in [5.41, 5.74) is 0.401. The fourth-order valence-corrected chi connectivity index (χ4v) is 4.24. The molecule has 0 aromatic heterocycles. The molecule has 44 heavy (non-hydrogen) atoms. The highest BCUT2D eigenvalue weighted by molar-refractivity contribution is 5.92. The van der Waals surface area contributed by atoms with E-state index in [1.54, 1.807) is 0 Å². The summed E-state index contributed by atoms with van der Waals surface area (Å²) in [6.45, 7) is 7.11. The molecule has 0 bridgehead atoms. The lowest BCUT2D eigenvalue weighted by Gasteiger charge is -2.17. The standard InChI is InChI=1S/C31H30O13/c1-3-25(32)37-15-5-6-16-38-31(36)42-22-13-9-19(10-14-22)29(34)41-21-11-7-20(8-12-21)30(35)44-24-18-40-27-23(17-39-28(24)27)43-26(33)4-2/h3-4,7-14,23-24,27-28H,1-2,5-6,15-18H2. The van der Waals surface area contributed by atoms with E-state index in [1.807, 2.05) is 0 Å². The minimum Gasteiger partial charge on any atom is -0.463 e. The highest BCUT2D eigenvalue weighted by Gasteiger charge is 2.51. The lowest BCUT2D eigenvalue weighted by Crippen LogP contribution is -2.35. The maximum atomic E-state index is 12.7. The van der Waals surface area contributed by atoms with Crippen molar-refractivity contribution in [3.63, 3.8) is 0 Å². The van der Waals surface area contributed by atoms with E-state index in [9.17, 15) is 24.0 Å². The van der Waals surface area contributed by atoms with Crippen LogP contribution in [0.3, 0.4) is 0 Å². The molecular weight excluding hydrogens is 580 g/mol. The number of esters is 4. The van der Waals surface area contributed by atoms with Gasteiger partial charge in [0.25, 0.3) is 0 Å².